The van der Waals surface area contributed by atoms with E-state index in [-0.39, 0.29) is 25.8 Å². The first-order valence-electron chi connectivity index (χ1n) is 11.9. The van der Waals surface area contributed by atoms with Gasteiger partial charge in [0.15, 0.2) is 35.7 Å². The maximum Gasteiger partial charge on any atom is 0.310 e. The summed E-state index contributed by atoms with van der Waals surface area (Å²) >= 11 is 0. The summed E-state index contributed by atoms with van der Waals surface area (Å²) in [5, 5.41) is 1.80. The minimum atomic E-state index is -0.295. The van der Waals surface area contributed by atoms with E-state index in [1.165, 1.54) is 0 Å². The normalized spacial score (nSPS) is 13.2. The van der Waals surface area contributed by atoms with Gasteiger partial charge in [0.1, 0.15) is 6.61 Å². The molecule has 2 aliphatic heterocycles. The van der Waals surface area contributed by atoms with Crippen molar-refractivity contribution in [3.05, 3.63) is 77.5 Å². The highest BCUT2D eigenvalue weighted by Gasteiger charge is 2.33. The van der Waals surface area contributed by atoms with Gasteiger partial charge >= 0.3 is 5.97 Å². The molecule has 0 radical (unpaired) electrons. The Kier molecular flexibility index (Phi) is 5.60. The van der Waals surface area contributed by atoms with E-state index in [4.69, 9.17) is 23.7 Å². The van der Waals surface area contributed by atoms with Crippen molar-refractivity contribution < 1.29 is 33.0 Å². The Morgan fingerprint density at radius 3 is 2.56 bits per heavy atom. The fourth-order valence-corrected chi connectivity index (χ4v) is 5.12. The van der Waals surface area contributed by atoms with Crippen LogP contribution in [0.25, 0.3) is 22.0 Å². The average Bonchev–Trinajstić information content (AvgIpc) is 3.37. The third kappa shape index (κ3) is 3.77. The van der Waals surface area contributed by atoms with Crippen LogP contribution in [0, 0.1) is 0 Å². The molecule has 0 aliphatic carbocycles. The van der Waals surface area contributed by atoms with Gasteiger partial charge in [0.2, 0.25) is 12.5 Å². The fraction of sp³-hybridized carbons (Fsp3) is 0.241. The van der Waals surface area contributed by atoms with Crippen LogP contribution < -0.4 is 23.5 Å². The van der Waals surface area contributed by atoms with E-state index in [9.17, 15) is 4.79 Å². The number of ether oxygens (including phenoxy) is 5. The Bertz CT molecular complexity index is 1480. The van der Waals surface area contributed by atoms with Crippen molar-refractivity contribution in [1.29, 1.82) is 0 Å². The van der Waals surface area contributed by atoms with Crippen LogP contribution in [0.2, 0.25) is 0 Å². The lowest BCUT2D eigenvalue weighted by Crippen LogP contribution is -2.41. The van der Waals surface area contributed by atoms with Crippen LogP contribution in [0.15, 0.2) is 60.8 Å². The standard InChI is InChI=1S/C29H26NO6/c1-32-24-9-8-20-22(14-27(31)34-16-18-6-4-3-5-7-18)28-21-13-26-25(35-17-36-26)12-19(21)10-11-30(28)15-23(20)29(24)33-2/h3-9,12-13,15H,10-11,14,16-17H2,1-2H3/q+1. The monoisotopic (exact) mass is 484 g/mol. The zero-order chi connectivity index (χ0) is 24.6. The topological polar surface area (TPSA) is 67.1 Å². The Labute approximate surface area is 208 Å². The molecular weight excluding hydrogens is 458 g/mol. The van der Waals surface area contributed by atoms with Crippen molar-refractivity contribution >= 4 is 16.7 Å². The van der Waals surface area contributed by atoms with E-state index in [1.54, 1.807) is 14.2 Å². The lowest BCUT2D eigenvalue weighted by atomic mass is 9.90. The zero-order valence-electron chi connectivity index (χ0n) is 20.2. The molecule has 0 unspecified atom stereocenters. The molecule has 0 fully saturated rings. The van der Waals surface area contributed by atoms with Crippen molar-refractivity contribution in [2.45, 2.75) is 26.0 Å². The highest BCUT2D eigenvalue weighted by atomic mass is 16.7. The molecule has 182 valence electrons. The Hall–Kier alpha value is -4.26. The van der Waals surface area contributed by atoms with Crippen molar-refractivity contribution in [2.24, 2.45) is 0 Å². The Morgan fingerprint density at radius 2 is 1.78 bits per heavy atom. The molecule has 36 heavy (non-hydrogen) atoms. The second kappa shape index (κ2) is 9.07. The number of benzene rings is 3. The van der Waals surface area contributed by atoms with E-state index in [0.717, 1.165) is 57.4 Å². The summed E-state index contributed by atoms with van der Waals surface area (Å²) in [6, 6.07) is 17.6. The molecule has 3 aromatic carbocycles. The highest BCUT2D eigenvalue weighted by Crippen LogP contribution is 2.43. The molecule has 0 atom stereocenters. The van der Waals surface area contributed by atoms with E-state index >= 15 is 0 Å². The minimum Gasteiger partial charge on any atom is -0.493 e. The van der Waals surface area contributed by atoms with Crippen LogP contribution in [-0.4, -0.2) is 27.0 Å². The van der Waals surface area contributed by atoms with Crippen LogP contribution in [0.3, 0.4) is 0 Å². The summed E-state index contributed by atoms with van der Waals surface area (Å²) < 4.78 is 30.5. The predicted molar refractivity (Wildman–Crippen MR) is 132 cm³/mol. The number of carbonyl (C=O) groups is 1. The van der Waals surface area contributed by atoms with E-state index < -0.39 is 0 Å². The van der Waals surface area contributed by atoms with Crippen molar-refractivity contribution in [1.82, 2.24) is 0 Å². The third-order valence-electron chi connectivity index (χ3n) is 6.81. The lowest BCUT2D eigenvalue weighted by Gasteiger charge is -2.20. The second-order valence-electron chi connectivity index (χ2n) is 8.85. The second-order valence-corrected chi connectivity index (χ2v) is 8.85. The quantitative estimate of drug-likeness (QED) is 0.299. The van der Waals surface area contributed by atoms with Gasteiger partial charge in [-0.2, -0.15) is 4.57 Å². The SMILES string of the molecule is COc1ccc2c(CC(=O)OCc3ccccc3)c3[n+](cc2c1OC)CCc1cc2c(cc1-3)OCO2. The number of esters is 1. The van der Waals surface area contributed by atoms with E-state index in [2.05, 4.69) is 16.8 Å². The van der Waals surface area contributed by atoms with Gasteiger partial charge < -0.3 is 23.7 Å². The molecule has 2 aliphatic rings. The van der Waals surface area contributed by atoms with Gasteiger partial charge in [-0.05, 0) is 35.4 Å². The zero-order valence-corrected chi connectivity index (χ0v) is 20.2. The molecule has 0 saturated carbocycles. The van der Waals surface area contributed by atoms with Crippen molar-refractivity contribution in [3.8, 4) is 34.3 Å². The molecule has 4 aromatic rings. The number of fused-ring (bicyclic) bond motifs is 5. The lowest BCUT2D eigenvalue weighted by molar-refractivity contribution is -0.686. The van der Waals surface area contributed by atoms with Gasteiger partial charge in [-0.1, -0.05) is 30.3 Å². The Balaban J connectivity index is 1.49. The van der Waals surface area contributed by atoms with Gasteiger partial charge in [-0.15, -0.1) is 0 Å². The largest absolute Gasteiger partial charge is 0.493 e. The summed E-state index contributed by atoms with van der Waals surface area (Å²) in [5.74, 6) is 2.46. The predicted octanol–water partition coefficient (Wildman–Crippen LogP) is 4.38. The van der Waals surface area contributed by atoms with Gasteiger partial charge in [-0.3, -0.25) is 4.79 Å². The summed E-state index contributed by atoms with van der Waals surface area (Å²) in [4.78, 5) is 13.2. The number of aromatic nitrogens is 1. The molecule has 7 heteroatoms. The number of rotatable bonds is 6. The summed E-state index contributed by atoms with van der Waals surface area (Å²) in [6.07, 6.45) is 3.03. The molecule has 6 rings (SSSR count). The summed E-state index contributed by atoms with van der Waals surface area (Å²) in [6.45, 7) is 1.20. The van der Waals surface area contributed by atoms with Gasteiger partial charge in [0.05, 0.1) is 31.6 Å². The molecule has 1 aromatic heterocycles. The first-order valence-corrected chi connectivity index (χ1v) is 11.9. The van der Waals surface area contributed by atoms with Crippen LogP contribution in [0.1, 0.15) is 16.7 Å². The molecule has 3 heterocycles. The smallest absolute Gasteiger partial charge is 0.310 e. The molecule has 0 amide bonds. The van der Waals surface area contributed by atoms with E-state index in [0.29, 0.717) is 17.2 Å². The Morgan fingerprint density at radius 1 is 0.972 bits per heavy atom. The minimum absolute atomic E-state index is 0.114. The summed E-state index contributed by atoms with van der Waals surface area (Å²) in [5.41, 5.74) is 5.01. The average molecular weight is 485 g/mol. The molecular formula is C29H26NO6+. The number of pyridine rings is 1. The maximum atomic E-state index is 13.2. The van der Waals surface area contributed by atoms with Gasteiger partial charge in [0.25, 0.3) is 0 Å². The van der Waals surface area contributed by atoms with Crippen molar-refractivity contribution in [2.75, 3.05) is 21.0 Å². The number of methoxy groups -OCH3 is 2. The van der Waals surface area contributed by atoms with E-state index in [1.807, 2.05) is 48.5 Å². The third-order valence-corrected chi connectivity index (χ3v) is 6.81. The van der Waals surface area contributed by atoms with Crippen molar-refractivity contribution in [3.63, 3.8) is 0 Å². The molecule has 0 N–H and O–H groups in total. The first kappa shape index (κ1) is 22.2. The number of hydrogen-bond donors (Lipinski definition) is 0. The molecule has 7 nitrogen and oxygen atoms in total. The number of carbonyl (C=O) groups excluding carboxylic acids is 1. The maximum absolute atomic E-state index is 13.2. The fourth-order valence-electron chi connectivity index (χ4n) is 5.12. The highest BCUT2D eigenvalue weighted by molar-refractivity contribution is 5.97. The first-order chi connectivity index (χ1) is 17.7. The van der Waals surface area contributed by atoms with Crippen LogP contribution in [0.4, 0.5) is 0 Å². The van der Waals surface area contributed by atoms with Crippen LogP contribution in [-0.2, 0) is 35.5 Å². The molecule has 0 spiro atoms. The van der Waals surface area contributed by atoms with Crippen LogP contribution in [0.5, 0.6) is 23.0 Å². The van der Waals surface area contributed by atoms with Gasteiger partial charge in [0, 0.05) is 17.4 Å². The number of nitrogens with zero attached hydrogens (tertiary/aromatic N) is 1. The molecule has 0 bridgehead atoms. The number of hydrogen-bond acceptors (Lipinski definition) is 6. The van der Waals surface area contributed by atoms with Gasteiger partial charge in [-0.25, -0.2) is 0 Å². The summed E-state index contributed by atoms with van der Waals surface area (Å²) in [7, 11) is 3.25. The number of aryl methyl sites for hydroxylation is 2. The molecule has 0 saturated heterocycles. The van der Waals surface area contributed by atoms with Crippen LogP contribution >= 0.6 is 0 Å².